The summed E-state index contributed by atoms with van der Waals surface area (Å²) in [5.41, 5.74) is 0.666. The molecule has 2 amide bonds. The van der Waals surface area contributed by atoms with Gasteiger partial charge < -0.3 is 15.3 Å². The molecule has 0 radical (unpaired) electrons. The van der Waals surface area contributed by atoms with E-state index in [0.29, 0.717) is 36.2 Å². The van der Waals surface area contributed by atoms with Gasteiger partial charge in [0.1, 0.15) is 11.9 Å². The molecule has 0 aliphatic carbocycles. The predicted molar refractivity (Wildman–Crippen MR) is 92.2 cm³/mol. The molecule has 10 heteroatoms. The fourth-order valence-electron chi connectivity index (χ4n) is 3.45. The summed E-state index contributed by atoms with van der Waals surface area (Å²) in [7, 11) is 0. The SMILES string of the molecule is O=C(O)N1CCNCC1C1c2nccnc2C(=O)N1c1ccc(Cl)cn1. The molecule has 2 aromatic rings. The average molecular weight is 375 g/mol. The molecule has 4 heterocycles. The van der Waals surface area contributed by atoms with Crippen molar-refractivity contribution in [2.75, 3.05) is 24.5 Å². The van der Waals surface area contributed by atoms with Crippen LogP contribution in [0.2, 0.25) is 5.02 Å². The number of anilines is 1. The first-order valence-corrected chi connectivity index (χ1v) is 8.42. The monoisotopic (exact) mass is 374 g/mol. The van der Waals surface area contributed by atoms with Gasteiger partial charge in [0.25, 0.3) is 5.91 Å². The van der Waals surface area contributed by atoms with Crippen LogP contribution < -0.4 is 10.2 Å². The molecule has 1 saturated heterocycles. The summed E-state index contributed by atoms with van der Waals surface area (Å²) in [4.78, 5) is 40.2. The molecular weight excluding hydrogens is 360 g/mol. The fraction of sp³-hybridized carbons (Fsp3) is 0.312. The third-order valence-corrected chi connectivity index (χ3v) is 4.78. The van der Waals surface area contributed by atoms with Crippen LogP contribution in [0.4, 0.5) is 10.6 Å². The van der Waals surface area contributed by atoms with E-state index in [-0.39, 0.29) is 11.6 Å². The van der Waals surface area contributed by atoms with E-state index < -0.39 is 18.2 Å². The number of carbonyl (C=O) groups excluding carboxylic acids is 1. The van der Waals surface area contributed by atoms with Crippen molar-refractivity contribution in [2.24, 2.45) is 0 Å². The summed E-state index contributed by atoms with van der Waals surface area (Å²) in [5, 5.41) is 13.2. The number of fused-ring (bicyclic) bond motifs is 1. The summed E-state index contributed by atoms with van der Waals surface area (Å²) < 4.78 is 0. The molecule has 2 aliphatic heterocycles. The van der Waals surface area contributed by atoms with Crippen molar-refractivity contribution in [1.29, 1.82) is 0 Å². The largest absolute Gasteiger partial charge is 0.465 e. The lowest BCUT2D eigenvalue weighted by Crippen LogP contribution is -2.58. The molecule has 4 rings (SSSR count). The van der Waals surface area contributed by atoms with E-state index in [0.717, 1.165) is 0 Å². The summed E-state index contributed by atoms with van der Waals surface area (Å²) in [6.45, 7) is 1.27. The first kappa shape index (κ1) is 16.7. The van der Waals surface area contributed by atoms with Crippen LogP contribution in [-0.2, 0) is 0 Å². The minimum atomic E-state index is -1.04. The fourth-order valence-corrected chi connectivity index (χ4v) is 3.56. The molecule has 2 unspecified atom stereocenters. The van der Waals surface area contributed by atoms with Crippen LogP contribution in [0.3, 0.4) is 0 Å². The van der Waals surface area contributed by atoms with Gasteiger partial charge in [-0.3, -0.25) is 14.7 Å². The third kappa shape index (κ3) is 2.65. The summed E-state index contributed by atoms with van der Waals surface area (Å²) in [5.74, 6) is 0.0175. The van der Waals surface area contributed by atoms with E-state index in [4.69, 9.17) is 11.6 Å². The second-order valence-corrected chi connectivity index (χ2v) is 6.43. The molecule has 0 spiro atoms. The second-order valence-electron chi connectivity index (χ2n) is 5.99. The lowest BCUT2D eigenvalue weighted by atomic mass is 10.0. The number of carbonyl (C=O) groups is 2. The summed E-state index contributed by atoms with van der Waals surface area (Å²) >= 11 is 5.91. The van der Waals surface area contributed by atoms with Crippen molar-refractivity contribution >= 4 is 29.4 Å². The van der Waals surface area contributed by atoms with Crippen molar-refractivity contribution in [3.05, 3.63) is 47.1 Å². The van der Waals surface area contributed by atoms with Crippen LogP contribution in [0.15, 0.2) is 30.7 Å². The number of nitrogens with one attached hydrogen (secondary N) is 1. The number of carboxylic acid groups (broad SMARTS) is 1. The van der Waals surface area contributed by atoms with Crippen LogP contribution in [0.5, 0.6) is 0 Å². The highest BCUT2D eigenvalue weighted by molar-refractivity contribution is 6.30. The number of piperazine rings is 1. The number of hydrogen-bond donors (Lipinski definition) is 2. The number of pyridine rings is 1. The highest BCUT2D eigenvalue weighted by atomic mass is 35.5. The third-order valence-electron chi connectivity index (χ3n) is 4.56. The maximum atomic E-state index is 13.0. The van der Waals surface area contributed by atoms with Gasteiger partial charge in [-0.2, -0.15) is 0 Å². The van der Waals surface area contributed by atoms with Crippen molar-refractivity contribution in [3.63, 3.8) is 0 Å². The van der Waals surface area contributed by atoms with E-state index in [9.17, 15) is 14.7 Å². The van der Waals surface area contributed by atoms with Crippen molar-refractivity contribution in [2.45, 2.75) is 12.1 Å². The van der Waals surface area contributed by atoms with Gasteiger partial charge in [-0.25, -0.2) is 14.8 Å². The Balaban J connectivity index is 1.83. The molecule has 2 atom stereocenters. The Kier molecular flexibility index (Phi) is 4.17. The lowest BCUT2D eigenvalue weighted by molar-refractivity contribution is 0.0907. The Labute approximate surface area is 153 Å². The zero-order valence-corrected chi connectivity index (χ0v) is 14.3. The molecule has 2 aliphatic rings. The van der Waals surface area contributed by atoms with Gasteiger partial charge in [-0.1, -0.05) is 11.6 Å². The number of hydrogen-bond acceptors (Lipinski definition) is 6. The highest BCUT2D eigenvalue weighted by Crippen LogP contribution is 2.38. The summed E-state index contributed by atoms with van der Waals surface area (Å²) in [6.07, 6.45) is 3.35. The molecular formula is C16H15ClN6O3. The number of nitrogens with zero attached hydrogens (tertiary/aromatic N) is 5. The van der Waals surface area contributed by atoms with Crippen LogP contribution in [0, 0.1) is 0 Å². The summed E-state index contributed by atoms with van der Waals surface area (Å²) in [6, 6.07) is 2.12. The molecule has 0 saturated carbocycles. The van der Waals surface area contributed by atoms with Gasteiger partial charge in [0.15, 0.2) is 5.69 Å². The Bertz CT molecular complexity index is 861. The predicted octanol–water partition coefficient (Wildman–Crippen LogP) is 1.18. The van der Waals surface area contributed by atoms with Gasteiger partial charge in [0.05, 0.1) is 16.8 Å². The second kappa shape index (κ2) is 6.50. The average Bonchev–Trinajstić information content (AvgIpc) is 2.95. The molecule has 134 valence electrons. The smallest absolute Gasteiger partial charge is 0.407 e. The lowest BCUT2D eigenvalue weighted by Gasteiger charge is -2.40. The topological polar surface area (TPSA) is 112 Å². The zero-order chi connectivity index (χ0) is 18.3. The zero-order valence-electron chi connectivity index (χ0n) is 13.5. The van der Waals surface area contributed by atoms with Gasteiger partial charge in [-0.15, -0.1) is 0 Å². The maximum absolute atomic E-state index is 13.0. The normalized spacial score (nSPS) is 22.4. The van der Waals surface area contributed by atoms with Gasteiger partial charge in [0.2, 0.25) is 0 Å². The van der Waals surface area contributed by atoms with E-state index in [1.165, 1.54) is 28.4 Å². The van der Waals surface area contributed by atoms with Crippen LogP contribution in [-0.4, -0.2) is 62.6 Å². The maximum Gasteiger partial charge on any atom is 0.407 e. The van der Waals surface area contributed by atoms with E-state index in [2.05, 4.69) is 20.3 Å². The van der Waals surface area contributed by atoms with Gasteiger partial charge in [-0.05, 0) is 12.1 Å². The van der Waals surface area contributed by atoms with Crippen molar-refractivity contribution in [3.8, 4) is 0 Å². The Morgan fingerprint density at radius 2 is 2.08 bits per heavy atom. The number of halogens is 1. The minimum absolute atomic E-state index is 0.213. The molecule has 2 N–H and O–H groups in total. The van der Waals surface area contributed by atoms with Gasteiger partial charge in [0, 0.05) is 38.2 Å². The van der Waals surface area contributed by atoms with Crippen LogP contribution >= 0.6 is 11.6 Å². The number of aromatic nitrogens is 3. The minimum Gasteiger partial charge on any atom is -0.465 e. The standard InChI is InChI=1S/C16H15ClN6O3/c17-9-1-2-11(21-7-9)23-14(10-8-18-5-6-22(10)16(25)26)12-13(15(23)24)20-4-3-19-12/h1-4,7,10,14,18H,5-6,8H2,(H,25,26). The Morgan fingerprint density at radius 3 is 2.81 bits per heavy atom. The number of amides is 2. The first-order chi connectivity index (χ1) is 12.6. The van der Waals surface area contributed by atoms with Crippen molar-refractivity contribution in [1.82, 2.24) is 25.2 Å². The number of rotatable bonds is 2. The van der Waals surface area contributed by atoms with Crippen molar-refractivity contribution < 1.29 is 14.7 Å². The van der Waals surface area contributed by atoms with E-state index in [1.807, 2.05) is 0 Å². The van der Waals surface area contributed by atoms with E-state index >= 15 is 0 Å². The van der Waals surface area contributed by atoms with E-state index in [1.54, 1.807) is 12.1 Å². The molecule has 1 fully saturated rings. The molecule has 26 heavy (non-hydrogen) atoms. The van der Waals surface area contributed by atoms with Crippen LogP contribution in [0.1, 0.15) is 22.2 Å². The molecule has 9 nitrogen and oxygen atoms in total. The quantitative estimate of drug-likeness (QED) is 0.811. The first-order valence-electron chi connectivity index (χ1n) is 8.04. The Hall–Kier alpha value is -2.78. The molecule has 2 aromatic heterocycles. The highest BCUT2D eigenvalue weighted by Gasteiger charge is 2.48. The Morgan fingerprint density at radius 1 is 1.27 bits per heavy atom. The molecule has 0 bridgehead atoms. The van der Waals surface area contributed by atoms with Crippen LogP contribution in [0.25, 0.3) is 0 Å². The van der Waals surface area contributed by atoms with Gasteiger partial charge >= 0.3 is 6.09 Å². The molecule has 0 aromatic carbocycles.